The number of carbonyl (C=O) groups is 1. The zero-order valence-electron chi connectivity index (χ0n) is 16.2. The molecule has 1 aromatic carbocycles. The Labute approximate surface area is 170 Å². The molecule has 0 radical (unpaired) electrons. The normalized spacial score (nSPS) is 16.1. The van der Waals surface area contributed by atoms with E-state index in [-0.39, 0.29) is 17.6 Å². The number of fused-ring (bicyclic) bond motifs is 3. The van der Waals surface area contributed by atoms with Crippen LogP contribution in [0.3, 0.4) is 0 Å². The molecular formula is C20H23BrN4O3. The van der Waals surface area contributed by atoms with Crippen LogP contribution in [0.1, 0.15) is 45.2 Å². The van der Waals surface area contributed by atoms with E-state index in [9.17, 15) is 9.59 Å². The highest BCUT2D eigenvalue weighted by Gasteiger charge is 2.28. The number of nitrogens with one attached hydrogen (secondary N) is 1. The van der Waals surface area contributed by atoms with Gasteiger partial charge in [0.15, 0.2) is 5.65 Å². The largest absolute Gasteiger partial charge is 0.444 e. The van der Waals surface area contributed by atoms with Crippen molar-refractivity contribution in [1.29, 1.82) is 0 Å². The van der Waals surface area contributed by atoms with Crippen LogP contribution in [0.15, 0.2) is 33.5 Å². The molecule has 8 heteroatoms. The average molecular weight is 447 g/mol. The Hall–Kier alpha value is -2.35. The molecule has 1 saturated heterocycles. The third-order valence-electron chi connectivity index (χ3n) is 4.96. The number of amides is 1. The molecule has 4 rings (SSSR count). The highest BCUT2D eigenvalue weighted by Crippen LogP contribution is 2.28. The number of nitrogens with zero attached hydrogens (tertiary/aromatic N) is 3. The van der Waals surface area contributed by atoms with E-state index in [1.165, 1.54) is 4.52 Å². The predicted octanol–water partition coefficient (Wildman–Crippen LogP) is 4.05. The van der Waals surface area contributed by atoms with Crippen molar-refractivity contribution in [1.82, 2.24) is 19.5 Å². The van der Waals surface area contributed by atoms with E-state index in [0.29, 0.717) is 18.7 Å². The molecule has 3 aromatic rings. The fraction of sp³-hybridized carbons (Fsp3) is 0.450. The number of piperidine rings is 1. The van der Waals surface area contributed by atoms with Crippen molar-refractivity contribution in [3.05, 3.63) is 44.8 Å². The van der Waals surface area contributed by atoms with Crippen molar-refractivity contribution < 1.29 is 9.53 Å². The van der Waals surface area contributed by atoms with Gasteiger partial charge in [-0.1, -0.05) is 15.9 Å². The number of hydrogen-bond donors (Lipinski definition) is 1. The molecule has 1 aliphatic rings. The summed E-state index contributed by atoms with van der Waals surface area (Å²) in [5.74, 6) is 0.150. The fourth-order valence-corrected chi connectivity index (χ4v) is 3.97. The molecule has 2 aromatic heterocycles. The van der Waals surface area contributed by atoms with Crippen molar-refractivity contribution in [2.24, 2.45) is 0 Å². The fourth-order valence-electron chi connectivity index (χ4n) is 3.61. The number of hydrogen-bond acceptors (Lipinski definition) is 4. The SMILES string of the molecule is CC(C)(C)OC(=O)N1CCC(c2cc(=O)n3[nH]c4cc(Br)ccc4c3n2)CC1. The minimum Gasteiger partial charge on any atom is -0.444 e. The van der Waals surface area contributed by atoms with Crippen LogP contribution < -0.4 is 5.56 Å². The second kappa shape index (κ2) is 6.92. The minimum absolute atomic E-state index is 0.123. The van der Waals surface area contributed by atoms with Gasteiger partial charge in [-0.2, -0.15) is 0 Å². The molecule has 148 valence electrons. The lowest BCUT2D eigenvalue weighted by Crippen LogP contribution is -2.41. The highest BCUT2D eigenvalue weighted by atomic mass is 79.9. The molecule has 0 bridgehead atoms. The lowest BCUT2D eigenvalue weighted by molar-refractivity contribution is 0.0204. The molecule has 3 heterocycles. The Morgan fingerprint density at radius 3 is 2.64 bits per heavy atom. The average Bonchev–Trinajstić information content (AvgIpc) is 2.98. The van der Waals surface area contributed by atoms with E-state index in [1.54, 1.807) is 11.0 Å². The van der Waals surface area contributed by atoms with Gasteiger partial charge >= 0.3 is 6.09 Å². The number of aromatic amines is 1. The maximum absolute atomic E-state index is 12.6. The molecular weight excluding hydrogens is 424 g/mol. The number of likely N-dealkylation sites (tertiary alicyclic amines) is 1. The van der Waals surface area contributed by atoms with Gasteiger partial charge in [-0.05, 0) is 51.8 Å². The predicted molar refractivity (Wildman–Crippen MR) is 111 cm³/mol. The molecule has 0 spiro atoms. The van der Waals surface area contributed by atoms with Gasteiger partial charge in [-0.3, -0.25) is 9.89 Å². The Kier molecular flexibility index (Phi) is 4.69. The van der Waals surface area contributed by atoms with Crippen LogP contribution in [0.4, 0.5) is 4.79 Å². The van der Waals surface area contributed by atoms with Crippen LogP contribution in [-0.4, -0.2) is 44.3 Å². The van der Waals surface area contributed by atoms with Crippen molar-refractivity contribution in [2.45, 2.75) is 45.1 Å². The summed E-state index contributed by atoms with van der Waals surface area (Å²) >= 11 is 3.45. The molecule has 1 amide bonds. The van der Waals surface area contributed by atoms with Gasteiger partial charge in [-0.25, -0.2) is 14.3 Å². The molecule has 1 aliphatic heterocycles. The lowest BCUT2D eigenvalue weighted by atomic mass is 9.93. The Bertz CT molecular complexity index is 1100. The highest BCUT2D eigenvalue weighted by molar-refractivity contribution is 9.10. The first-order valence-corrected chi connectivity index (χ1v) is 10.2. The maximum atomic E-state index is 12.6. The minimum atomic E-state index is -0.500. The molecule has 28 heavy (non-hydrogen) atoms. The maximum Gasteiger partial charge on any atom is 0.410 e. The van der Waals surface area contributed by atoms with Gasteiger partial charge in [0.1, 0.15) is 5.60 Å². The van der Waals surface area contributed by atoms with Crippen molar-refractivity contribution in [3.8, 4) is 0 Å². The second-order valence-electron chi connectivity index (χ2n) is 8.22. The Morgan fingerprint density at radius 2 is 1.96 bits per heavy atom. The second-order valence-corrected chi connectivity index (χ2v) is 9.14. The smallest absolute Gasteiger partial charge is 0.410 e. The van der Waals surface area contributed by atoms with E-state index < -0.39 is 5.60 Å². The first kappa shape index (κ1) is 19.0. The summed E-state index contributed by atoms with van der Waals surface area (Å²) in [7, 11) is 0. The summed E-state index contributed by atoms with van der Waals surface area (Å²) in [6.07, 6.45) is 1.24. The first-order valence-electron chi connectivity index (χ1n) is 9.40. The van der Waals surface area contributed by atoms with E-state index in [0.717, 1.165) is 33.9 Å². The van der Waals surface area contributed by atoms with E-state index in [2.05, 4.69) is 21.0 Å². The first-order chi connectivity index (χ1) is 13.2. The van der Waals surface area contributed by atoms with Crippen LogP contribution >= 0.6 is 15.9 Å². The summed E-state index contributed by atoms with van der Waals surface area (Å²) in [6.45, 7) is 6.79. The monoisotopic (exact) mass is 446 g/mol. The van der Waals surface area contributed by atoms with Crippen LogP contribution in [-0.2, 0) is 4.74 Å². The molecule has 1 fully saturated rings. The summed E-state index contributed by atoms with van der Waals surface area (Å²) < 4.78 is 7.87. The standard InChI is InChI=1S/C20H23BrN4O3/c1-20(2,3)28-19(27)24-8-6-12(7-9-24)15-11-17(26)25-18(22-15)14-5-4-13(21)10-16(14)23-25/h4-5,10-12,23H,6-9H2,1-3H3. The number of carbonyl (C=O) groups excluding carboxylic acids is 1. The quantitative estimate of drug-likeness (QED) is 0.611. The van der Waals surface area contributed by atoms with E-state index >= 15 is 0 Å². The number of H-pyrrole nitrogens is 1. The summed E-state index contributed by atoms with van der Waals surface area (Å²) in [5.41, 5.74) is 1.66. The molecule has 0 saturated carbocycles. The molecule has 0 unspecified atom stereocenters. The van der Waals surface area contributed by atoms with Crippen LogP contribution in [0.25, 0.3) is 16.6 Å². The van der Waals surface area contributed by atoms with Gasteiger partial charge in [0.05, 0.1) is 11.2 Å². The van der Waals surface area contributed by atoms with E-state index in [1.807, 2.05) is 39.0 Å². The summed E-state index contributed by atoms with van der Waals surface area (Å²) in [5, 5.41) is 4.01. The van der Waals surface area contributed by atoms with Crippen molar-refractivity contribution >= 4 is 38.6 Å². The Morgan fingerprint density at radius 1 is 1.25 bits per heavy atom. The van der Waals surface area contributed by atoms with Crippen molar-refractivity contribution in [3.63, 3.8) is 0 Å². The van der Waals surface area contributed by atoms with E-state index in [4.69, 9.17) is 9.72 Å². The lowest BCUT2D eigenvalue weighted by Gasteiger charge is -2.33. The van der Waals surface area contributed by atoms with Crippen LogP contribution in [0.5, 0.6) is 0 Å². The molecule has 0 aliphatic carbocycles. The van der Waals surface area contributed by atoms with Crippen LogP contribution in [0, 0.1) is 0 Å². The summed E-state index contributed by atoms with van der Waals surface area (Å²) in [6, 6.07) is 7.43. The molecule has 7 nitrogen and oxygen atoms in total. The molecule has 1 N–H and O–H groups in total. The van der Waals surface area contributed by atoms with Gasteiger partial charge in [0, 0.05) is 34.9 Å². The van der Waals surface area contributed by atoms with Gasteiger partial charge in [0.2, 0.25) is 0 Å². The molecule has 0 atom stereocenters. The zero-order valence-corrected chi connectivity index (χ0v) is 17.7. The third-order valence-corrected chi connectivity index (χ3v) is 5.45. The van der Waals surface area contributed by atoms with Gasteiger partial charge in [-0.15, -0.1) is 0 Å². The zero-order chi connectivity index (χ0) is 20.1. The summed E-state index contributed by atoms with van der Waals surface area (Å²) in [4.78, 5) is 31.4. The van der Waals surface area contributed by atoms with Gasteiger partial charge < -0.3 is 9.64 Å². The third kappa shape index (κ3) is 3.65. The number of benzene rings is 1. The van der Waals surface area contributed by atoms with Crippen LogP contribution in [0.2, 0.25) is 0 Å². The number of aromatic nitrogens is 3. The number of rotatable bonds is 1. The van der Waals surface area contributed by atoms with Crippen molar-refractivity contribution in [2.75, 3.05) is 13.1 Å². The number of ether oxygens (including phenoxy) is 1. The van der Waals surface area contributed by atoms with Gasteiger partial charge in [0.25, 0.3) is 5.56 Å². The number of halogens is 1. The Balaban J connectivity index is 1.58. The topological polar surface area (TPSA) is 79.7 Å².